The van der Waals surface area contributed by atoms with Crippen molar-refractivity contribution >= 4 is 0 Å². The van der Waals surface area contributed by atoms with E-state index in [1.165, 1.54) is 233 Å². The van der Waals surface area contributed by atoms with Crippen molar-refractivity contribution in [2.75, 3.05) is 0 Å². The maximum atomic E-state index is 1.90. The summed E-state index contributed by atoms with van der Waals surface area (Å²) in [4.78, 5) is 0. The predicted molar refractivity (Wildman–Crippen MR) is 252 cm³/mol. The highest BCUT2D eigenvalue weighted by molar-refractivity contribution is 6.47. The summed E-state index contributed by atoms with van der Waals surface area (Å²) in [5.74, 6) is 46.0. The molecule has 48 spiro atoms. The molecule has 0 aromatic carbocycles. The fourth-order valence-electron chi connectivity index (χ4n) is 102. The second-order valence-corrected chi connectivity index (χ2v) is 56.3. The lowest BCUT2D eigenvalue weighted by molar-refractivity contribution is -1.25. The van der Waals surface area contributed by atoms with Crippen LogP contribution in [-0.4, -0.2) is 0 Å². The number of rotatable bonds is 0. The van der Waals surface area contributed by atoms with Gasteiger partial charge in [-0.3, -0.25) is 0 Å². The Bertz CT molecular complexity index is 5880. The molecule has 0 heteroatoms. The minimum Gasteiger partial charge on any atom is -0.0458 e. The summed E-state index contributed by atoms with van der Waals surface area (Å²) >= 11 is 0. The Morgan fingerprint density at radius 1 is 0.107 bits per heavy atom. The van der Waals surface area contributed by atoms with Crippen molar-refractivity contribution in [3.8, 4) is 0 Å². The standard InChI is InChI=1S/C84H40/c1-5-13-14-6-2-10-18-22-26-31-35-36-32-28-24-20-12-4-8-16-15-7-3-11-19-23-27-30-34-33-29-25-21-17-9(1)37(5)41(13)42(14)38(6,10)46(18)50(22)54(26)59(31)63(35)64(36)60(32)56(28)52(24)48(20)40(8,12)44(16)43(15)39(7,11)47(19)51(23)55(27)58(30)62(34)61(33)57(29)53(25)49(21)45(17,37)65(41)66(42,46)70(50)69(49,65)73(53)74(54,70)78(59)77(57,73)81(61)82(62)79(58)75(55)71(51)67(43,47)68(44,48)72(52,71)76(56,75)80(60,79)84(64,82)83(63,78)81/h5-36H,1-4H2. The third-order valence-corrected chi connectivity index (χ3v) is 77.5. The van der Waals surface area contributed by atoms with Crippen LogP contribution in [0.25, 0.3) is 0 Å². The molecule has 0 nitrogen and oxygen atoms in total. The van der Waals surface area contributed by atoms with Gasteiger partial charge in [0.2, 0.25) is 0 Å². The molecular formula is C84H40. The first-order valence-electron chi connectivity index (χ1n) is 41.8. The maximum absolute atomic E-state index is 1.90. The molecule has 65 fully saturated rings. The third-order valence-electron chi connectivity index (χ3n) is 77.5. The zero-order valence-electron chi connectivity index (χ0n) is 45.3. The molecule has 65 rings (SSSR count). The topological polar surface area (TPSA) is 0 Å². The molecule has 0 bridgehead atoms. The summed E-state index contributed by atoms with van der Waals surface area (Å²) in [5, 5.41) is 0. The smallest absolute Gasteiger partial charge is 0.000370 e. The number of hydrogen-bond donors (Lipinski definition) is 0. The monoisotopic (exact) mass is 1050 g/mol. The van der Waals surface area contributed by atoms with Gasteiger partial charge in [-0.25, -0.2) is 0 Å². The Kier molecular flexibility index (Phi) is 1.17. The van der Waals surface area contributed by atoms with Gasteiger partial charge in [0.1, 0.15) is 0 Å². The molecule has 65 aliphatic rings. The van der Waals surface area contributed by atoms with Crippen LogP contribution in [-0.2, 0) is 0 Å². The molecule has 0 radical (unpaired) electrons. The van der Waals surface area contributed by atoms with Crippen molar-refractivity contribution in [1.82, 2.24) is 0 Å². The average molecular weight is 1050 g/mol. The first-order chi connectivity index (χ1) is 41.8. The van der Waals surface area contributed by atoms with Crippen molar-refractivity contribution in [1.29, 1.82) is 0 Å². The van der Waals surface area contributed by atoms with Crippen molar-refractivity contribution in [3.05, 3.63) is 32.5 Å². The van der Waals surface area contributed by atoms with Crippen LogP contribution in [0.15, 0.2) is 0 Å². The first-order valence-corrected chi connectivity index (χ1v) is 41.8. The van der Waals surface area contributed by atoms with Crippen LogP contribution in [0.5, 0.6) is 0 Å². The van der Waals surface area contributed by atoms with Crippen molar-refractivity contribution < 1.29 is 0 Å². The third kappa shape index (κ3) is 0.497. The van der Waals surface area contributed by atoms with Gasteiger partial charge in [0.15, 0.2) is 0 Å². The highest BCUT2D eigenvalue weighted by atomic mass is 15.8. The molecule has 0 N–H and O–H groups in total. The average Bonchev–Trinajstić information content (AvgIpc) is 0.409. The lowest BCUT2D eigenvalue weighted by Gasteiger charge is -3.76. The van der Waals surface area contributed by atoms with E-state index in [0.717, 1.165) is 217 Å². The van der Waals surface area contributed by atoms with Gasteiger partial charge in [-0.15, -0.1) is 0 Å². The summed E-state index contributed by atoms with van der Waals surface area (Å²) in [6, 6.07) is 0. The van der Waals surface area contributed by atoms with Gasteiger partial charge < -0.3 is 0 Å². The largest absolute Gasteiger partial charge is 0.0458 e. The van der Waals surface area contributed by atoms with Crippen LogP contribution >= 0.6 is 0 Å². The van der Waals surface area contributed by atoms with E-state index in [2.05, 4.69) is 0 Å². The Balaban J connectivity index is 0.627. The molecule has 0 heterocycles. The molecule has 65 aliphatic carbocycles. The lowest BCUT2D eigenvalue weighted by Crippen LogP contribution is -3.74. The van der Waals surface area contributed by atoms with E-state index in [4.69, 9.17) is 0 Å². The van der Waals surface area contributed by atoms with Gasteiger partial charge in [0, 0.05) is 0 Å². The first kappa shape index (κ1) is 26.4. The molecule has 65 saturated carbocycles. The van der Waals surface area contributed by atoms with Crippen molar-refractivity contribution in [3.63, 3.8) is 0 Å². The van der Waals surface area contributed by atoms with Gasteiger partial charge in [-0.2, -0.15) is 0 Å². The van der Waals surface area contributed by atoms with Crippen LogP contribution in [0.2, 0.25) is 0 Å². The Labute approximate surface area is 472 Å². The molecule has 0 amide bonds. The van der Waals surface area contributed by atoms with Crippen LogP contribution in [0, 0.1) is 449 Å². The van der Waals surface area contributed by atoms with Crippen LogP contribution in [0.3, 0.4) is 0 Å². The van der Waals surface area contributed by atoms with E-state index in [9.17, 15) is 0 Å². The highest BCUT2D eigenvalue weighted by Gasteiger charge is 3.82. The quantitative estimate of drug-likeness (QED) is 0.281. The normalized spacial score (nSPS) is 152. The van der Waals surface area contributed by atoms with E-state index in [1.807, 2.05) is 25.7 Å². The van der Waals surface area contributed by atoms with Gasteiger partial charge in [-0.05, 0) is 475 Å². The highest BCUT2D eigenvalue weighted by Crippen LogP contribution is 3.84. The lowest BCUT2D eigenvalue weighted by atomic mass is 8.26. The van der Waals surface area contributed by atoms with Gasteiger partial charge >= 0.3 is 0 Å². The molecule has 376 valence electrons. The predicted octanol–water partition coefficient (Wildman–Crippen LogP) is 5.98. The molecular weight excluding hydrogens is 1010 g/mol. The van der Waals surface area contributed by atoms with Crippen LogP contribution in [0.4, 0.5) is 0 Å². The summed E-state index contributed by atoms with van der Waals surface area (Å²) in [6.07, 6.45) is 7.60. The summed E-state index contributed by atoms with van der Waals surface area (Å²) in [7, 11) is 0. The SMILES string of the molecule is C1C2C3C4C5CC6C7C8C9C%10C%11C%12C%13C%14C%15C%16C%17CC%18C%19C%20C%21CC%22C%23C%24C%25C%26C%27C%28C%29C%30C%31C%32C1C21C32C43C56C74C85C96C%107C%118C%129C%13%10C%14%11C%15%12C%16%13C%18%17C%19%14C%20%15C%21%22C%23%16C%24%17C%25%18C%26%19C%27%20C%28%21C%29%22C%30%23C%31%24C%321C21C34C52C%241C%231C62C72C%221C%211C%203C%194C%185C%176C%15%16C%14%13C%126C%115C%104C93C821. The second-order valence-electron chi connectivity index (χ2n) is 56.3. The molecule has 0 saturated heterocycles. The summed E-state index contributed by atoms with van der Waals surface area (Å²) < 4.78 is 0. The minimum atomic E-state index is 1.11. The zero-order chi connectivity index (χ0) is 45.3. The molecule has 0 aromatic heterocycles. The molecule has 76 atom stereocenters. The van der Waals surface area contributed by atoms with Crippen molar-refractivity contribution in [2.24, 2.45) is 417 Å². The summed E-state index contributed by atoms with van der Waals surface area (Å²) in [5.41, 5.74) is 55.1. The van der Waals surface area contributed by atoms with Crippen LogP contribution in [0.1, 0.15) is 25.7 Å². The maximum Gasteiger partial charge on any atom is -0.000370 e. The van der Waals surface area contributed by atoms with Gasteiger partial charge in [0.05, 0.1) is 0 Å². The van der Waals surface area contributed by atoms with Gasteiger partial charge in [-0.1, -0.05) is 0 Å². The zero-order valence-corrected chi connectivity index (χ0v) is 45.3. The van der Waals surface area contributed by atoms with E-state index < -0.39 is 0 Å². The van der Waals surface area contributed by atoms with E-state index in [-0.39, 0.29) is 0 Å². The summed E-state index contributed by atoms with van der Waals surface area (Å²) in [6.45, 7) is 0. The minimum absolute atomic E-state index is 1.11. The van der Waals surface area contributed by atoms with E-state index in [1.54, 1.807) is 0 Å². The number of fused-ring (bicyclic) bond motifs is 28. The fourth-order valence-corrected chi connectivity index (χ4v) is 102. The second kappa shape index (κ2) is 3.71. The van der Waals surface area contributed by atoms with Gasteiger partial charge in [0.25, 0.3) is 0 Å². The van der Waals surface area contributed by atoms with E-state index >= 15 is 0 Å². The Hall–Kier alpha value is 0. The molecule has 76 unspecified atom stereocenters. The Morgan fingerprint density at radius 2 is 0.214 bits per heavy atom. The van der Waals surface area contributed by atoms with Crippen molar-refractivity contribution in [2.45, 2.75) is 25.7 Å². The van der Waals surface area contributed by atoms with Crippen LogP contribution < -0.4 is 0 Å². The molecule has 84 heavy (non-hydrogen) atoms. The Morgan fingerprint density at radius 3 is 0.381 bits per heavy atom. The van der Waals surface area contributed by atoms with E-state index in [0.29, 0.717) is 0 Å². The fraction of sp³-hybridized carbons (Fsp3) is 1.00. The molecule has 0 aliphatic heterocycles. The number of hydrogen-bond acceptors (Lipinski definition) is 0. The molecule has 0 aromatic rings.